The van der Waals surface area contributed by atoms with Gasteiger partial charge in [0.1, 0.15) is 4.32 Å². The first-order valence-corrected chi connectivity index (χ1v) is 7.78. The van der Waals surface area contributed by atoms with Crippen LogP contribution in [0, 0.1) is 6.92 Å². The smallest absolute Gasteiger partial charge is 0.264 e. The van der Waals surface area contributed by atoms with Crippen LogP contribution < -0.4 is 10.2 Å². The molecule has 0 aromatic heterocycles. The third kappa shape index (κ3) is 1.92. The van der Waals surface area contributed by atoms with Crippen molar-refractivity contribution in [3.8, 4) is 0 Å². The van der Waals surface area contributed by atoms with E-state index < -0.39 is 0 Å². The van der Waals surface area contributed by atoms with E-state index in [-0.39, 0.29) is 11.8 Å². The summed E-state index contributed by atoms with van der Waals surface area (Å²) >= 11 is 9.61. The van der Waals surface area contributed by atoms with Crippen molar-refractivity contribution in [2.75, 3.05) is 11.9 Å². The average Bonchev–Trinajstić information content (AvgIpc) is 2.78. The third-order valence-corrected chi connectivity index (χ3v) is 5.01. The van der Waals surface area contributed by atoms with Crippen LogP contribution in [0.25, 0.3) is 5.57 Å². The number of amides is 2. The quantitative estimate of drug-likeness (QED) is 0.564. The van der Waals surface area contributed by atoms with Gasteiger partial charge in [0.2, 0.25) is 0 Å². The zero-order chi connectivity index (χ0) is 14.6. The zero-order valence-corrected chi connectivity index (χ0v) is 13.8. The van der Waals surface area contributed by atoms with Crippen molar-refractivity contribution in [3.05, 3.63) is 32.6 Å². The van der Waals surface area contributed by atoms with Crippen LogP contribution in [-0.4, -0.2) is 23.2 Å². The van der Waals surface area contributed by atoms with Crippen molar-refractivity contribution in [2.24, 2.45) is 0 Å². The van der Waals surface area contributed by atoms with Crippen molar-refractivity contribution >= 4 is 67.3 Å². The number of thioether (sulfide) groups is 1. The summed E-state index contributed by atoms with van der Waals surface area (Å²) in [5.41, 5.74) is 3.00. The van der Waals surface area contributed by atoms with Crippen LogP contribution in [0.2, 0.25) is 0 Å². The molecule has 1 saturated heterocycles. The number of rotatable bonds is 0. The largest absolute Gasteiger partial charge is 0.310 e. The Morgan fingerprint density at radius 2 is 2.05 bits per heavy atom. The van der Waals surface area contributed by atoms with Gasteiger partial charge in [0.05, 0.1) is 16.2 Å². The van der Waals surface area contributed by atoms with Gasteiger partial charge in [-0.2, -0.15) is 0 Å². The summed E-state index contributed by atoms with van der Waals surface area (Å²) in [5.74, 6) is -0.490. The van der Waals surface area contributed by atoms with Gasteiger partial charge in [-0.05, 0) is 40.5 Å². The van der Waals surface area contributed by atoms with Gasteiger partial charge < -0.3 is 10.2 Å². The van der Waals surface area contributed by atoms with Gasteiger partial charge in [-0.25, -0.2) is 0 Å². The predicted molar refractivity (Wildman–Crippen MR) is 87.5 cm³/mol. The van der Waals surface area contributed by atoms with Crippen LogP contribution in [0.3, 0.4) is 0 Å². The molecule has 0 aliphatic carbocycles. The fourth-order valence-corrected chi connectivity index (χ4v) is 4.30. The summed E-state index contributed by atoms with van der Waals surface area (Å²) in [7, 11) is 1.70. The van der Waals surface area contributed by atoms with E-state index in [9.17, 15) is 9.59 Å². The minimum atomic E-state index is -0.303. The number of carbonyl (C=O) groups excluding carboxylic acids is 2. The molecule has 1 aromatic rings. The van der Waals surface area contributed by atoms with E-state index in [1.54, 1.807) is 11.9 Å². The maximum Gasteiger partial charge on any atom is 0.264 e. The Morgan fingerprint density at radius 1 is 1.35 bits per heavy atom. The van der Waals surface area contributed by atoms with Gasteiger partial charge >= 0.3 is 0 Å². The number of benzene rings is 1. The van der Waals surface area contributed by atoms with Crippen molar-refractivity contribution in [3.63, 3.8) is 0 Å². The lowest BCUT2D eigenvalue weighted by atomic mass is 10.0. The molecule has 2 heterocycles. The summed E-state index contributed by atoms with van der Waals surface area (Å²) in [4.78, 5) is 26.3. The molecule has 102 valence electrons. The maximum atomic E-state index is 12.5. The molecule has 0 radical (unpaired) electrons. The van der Waals surface area contributed by atoms with Crippen molar-refractivity contribution in [1.82, 2.24) is 5.32 Å². The second kappa shape index (κ2) is 4.68. The fraction of sp³-hybridized carbons (Fsp3) is 0.154. The highest BCUT2D eigenvalue weighted by Gasteiger charge is 2.38. The Kier molecular flexibility index (Phi) is 3.23. The van der Waals surface area contributed by atoms with E-state index in [4.69, 9.17) is 12.2 Å². The molecule has 0 atom stereocenters. The maximum absolute atomic E-state index is 12.5. The lowest BCUT2D eigenvalue weighted by Crippen LogP contribution is -2.23. The molecular weight excluding hydrogens is 360 g/mol. The normalized spacial score (nSPS) is 21.6. The molecule has 0 bridgehead atoms. The Morgan fingerprint density at radius 3 is 2.65 bits per heavy atom. The standard InChI is InChI=1S/C13H9BrN2O2S2/c1-5-3-6-8(10-11(17)15-13(19)20-10)12(18)16(2)9(6)7(14)4-5/h3-4H,1-2H3,(H,15,17,19)/b10-8-. The van der Waals surface area contributed by atoms with Gasteiger partial charge in [-0.3, -0.25) is 9.59 Å². The number of nitrogens with zero attached hydrogens (tertiary/aromatic N) is 1. The topological polar surface area (TPSA) is 49.4 Å². The number of fused-ring (bicyclic) bond motifs is 1. The third-order valence-electron chi connectivity index (χ3n) is 3.17. The molecule has 2 aliphatic heterocycles. The van der Waals surface area contributed by atoms with E-state index >= 15 is 0 Å². The SMILES string of the molecule is Cc1cc(Br)c2c(c1)/C(=C1/SC(=S)NC1=O)C(=O)N2C. The van der Waals surface area contributed by atoms with E-state index in [0.29, 0.717) is 14.8 Å². The number of hydrogen-bond donors (Lipinski definition) is 1. The predicted octanol–water partition coefficient (Wildman–Crippen LogP) is 2.59. The van der Waals surface area contributed by atoms with Crippen LogP contribution in [0.1, 0.15) is 11.1 Å². The Labute approximate surface area is 133 Å². The van der Waals surface area contributed by atoms with E-state index in [1.807, 2.05) is 19.1 Å². The minimum Gasteiger partial charge on any atom is -0.310 e. The van der Waals surface area contributed by atoms with Gasteiger partial charge in [0.25, 0.3) is 11.8 Å². The number of halogens is 1. The molecule has 7 heteroatoms. The number of likely N-dealkylation sites (N-methyl/N-ethyl adjacent to an activating group) is 1. The van der Waals surface area contributed by atoms with E-state index in [1.165, 1.54) is 0 Å². The van der Waals surface area contributed by atoms with Crippen LogP contribution in [0.5, 0.6) is 0 Å². The number of thiocarbonyl (C=S) groups is 1. The molecule has 1 fully saturated rings. The number of hydrogen-bond acceptors (Lipinski definition) is 4. The van der Waals surface area contributed by atoms with Crippen molar-refractivity contribution < 1.29 is 9.59 Å². The van der Waals surface area contributed by atoms with Crippen LogP contribution in [0.4, 0.5) is 5.69 Å². The summed E-state index contributed by atoms with van der Waals surface area (Å²) in [6.07, 6.45) is 0. The number of carbonyl (C=O) groups is 2. The monoisotopic (exact) mass is 368 g/mol. The van der Waals surface area contributed by atoms with Crippen molar-refractivity contribution in [2.45, 2.75) is 6.92 Å². The summed E-state index contributed by atoms with van der Waals surface area (Å²) in [5, 5.41) is 2.55. The second-order valence-corrected chi connectivity index (χ2v) is 7.10. The molecule has 1 N–H and O–H groups in total. The highest BCUT2D eigenvalue weighted by Crippen LogP contribution is 2.45. The minimum absolute atomic E-state index is 0.186. The van der Waals surface area contributed by atoms with Gasteiger partial charge in [0.15, 0.2) is 0 Å². The number of anilines is 1. The molecule has 3 rings (SSSR count). The zero-order valence-electron chi connectivity index (χ0n) is 10.6. The molecule has 2 aliphatic rings. The van der Waals surface area contributed by atoms with E-state index in [2.05, 4.69) is 21.2 Å². The lowest BCUT2D eigenvalue weighted by molar-refractivity contribution is -0.116. The second-order valence-electron chi connectivity index (χ2n) is 4.55. The molecule has 0 spiro atoms. The highest BCUT2D eigenvalue weighted by atomic mass is 79.9. The van der Waals surface area contributed by atoms with E-state index in [0.717, 1.165) is 33.0 Å². The molecule has 1 aromatic carbocycles. The summed E-state index contributed by atoms with van der Waals surface area (Å²) < 4.78 is 1.22. The average molecular weight is 369 g/mol. The Balaban J connectivity index is 2.31. The number of nitrogens with one attached hydrogen (secondary N) is 1. The van der Waals surface area contributed by atoms with Gasteiger partial charge in [-0.1, -0.05) is 24.0 Å². The lowest BCUT2D eigenvalue weighted by Gasteiger charge is -2.11. The van der Waals surface area contributed by atoms with Gasteiger partial charge in [0, 0.05) is 17.1 Å². The Hall–Kier alpha value is -1.18. The van der Waals surface area contributed by atoms with Gasteiger partial charge in [-0.15, -0.1) is 0 Å². The molecule has 20 heavy (non-hydrogen) atoms. The first kappa shape index (κ1) is 13.8. The first-order chi connectivity index (χ1) is 9.40. The Bertz CT molecular complexity index is 727. The highest BCUT2D eigenvalue weighted by molar-refractivity contribution is 9.10. The number of aryl methyl sites for hydroxylation is 1. The molecule has 0 unspecified atom stereocenters. The summed E-state index contributed by atoms with van der Waals surface area (Å²) in [6.45, 7) is 1.95. The van der Waals surface area contributed by atoms with Crippen molar-refractivity contribution in [1.29, 1.82) is 0 Å². The van der Waals surface area contributed by atoms with Crippen LogP contribution in [0.15, 0.2) is 21.5 Å². The molecular formula is C13H9BrN2O2S2. The fourth-order valence-electron chi connectivity index (χ4n) is 2.35. The van der Waals surface area contributed by atoms with Crippen LogP contribution in [-0.2, 0) is 9.59 Å². The molecule has 4 nitrogen and oxygen atoms in total. The molecule has 0 saturated carbocycles. The summed E-state index contributed by atoms with van der Waals surface area (Å²) in [6, 6.07) is 3.86. The first-order valence-electron chi connectivity index (χ1n) is 5.76. The van der Waals surface area contributed by atoms with Crippen LogP contribution >= 0.6 is 39.9 Å². The molecule has 2 amide bonds.